The van der Waals surface area contributed by atoms with Gasteiger partial charge in [-0.1, -0.05) is 6.92 Å². The Balaban J connectivity index is 2.71. The predicted octanol–water partition coefficient (Wildman–Crippen LogP) is 3.74. The van der Waals surface area contributed by atoms with E-state index in [0.29, 0.717) is 11.6 Å². The lowest BCUT2D eigenvalue weighted by atomic mass is 10.0. The van der Waals surface area contributed by atoms with Gasteiger partial charge in [-0.2, -0.15) is 0 Å². The van der Waals surface area contributed by atoms with Gasteiger partial charge in [-0.25, -0.2) is 8.78 Å². The van der Waals surface area contributed by atoms with Crippen molar-refractivity contribution in [3.63, 3.8) is 0 Å². The van der Waals surface area contributed by atoms with Crippen molar-refractivity contribution in [3.8, 4) is 0 Å². The largest absolute Gasteiger partial charge is 0.313 e. The van der Waals surface area contributed by atoms with Crippen LogP contribution in [0, 0.1) is 11.6 Å². The summed E-state index contributed by atoms with van der Waals surface area (Å²) >= 11 is 0. The number of nitrogens with zero attached hydrogens (tertiary/aromatic N) is 1. The molecule has 0 saturated heterocycles. The van der Waals surface area contributed by atoms with Crippen molar-refractivity contribution in [1.29, 1.82) is 0 Å². The van der Waals surface area contributed by atoms with Gasteiger partial charge in [0.2, 0.25) is 0 Å². The first-order chi connectivity index (χ1) is 9.47. The van der Waals surface area contributed by atoms with Gasteiger partial charge in [-0.15, -0.1) is 0 Å². The summed E-state index contributed by atoms with van der Waals surface area (Å²) in [5.41, 5.74) is 0.671. The highest BCUT2D eigenvalue weighted by Gasteiger charge is 2.15. The topological polar surface area (TPSA) is 15.3 Å². The molecule has 1 unspecified atom stereocenters. The average molecular weight is 284 g/mol. The van der Waals surface area contributed by atoms with Crippen LogP contribution < -0.4 is 5.32 Å². The van der Waals surface area contributed by atoms with Gasteiger partial charge in [0.15, 0.2) is 0 Å². The Morgan fingerprint density at radius 3 is 2.15 bits per heavy atom. The highest BCUT2D eigenvalue weighted by atomic mass is 19.1. The van der Waals surface area contributed by atoms with Crippen LogP contribution in [0.5, 0.6) is 0 Å². The van der Waals surface area contributed by atoms with E-state index >= 15 is 0 Å². The fourth-order valence-corrected chi connectivity index (χ4v) is 2.46. The number of rotatable bonds is 8. The monoisotopic (exact) mass is 284 g/mol. The van der Waals surface area contributed by atoms with Crippen LogP contribution in [-0.2, 0) is 0 Å². The molecular weight excluding hydrogens is 258 g/mol. The molecule has 1 aromatic carbocycles. The molecular formula is C16H26F2N2. The van der Waals surface area contributed by atoms with Crippen molar-refractivity contribution in [2.75, 3.05) is 20.1 Å². The van der Waals surface area contributed by atoms with E-state index in [-0.39, 0.29) is 6.04 Å². The molecule has 20 heavy (non-hydrogen) atoms. The molecule has 0 heterocycles. The molecule has 1 rings (SSSR count). The Bertz CT molecular complexity index is 387. The molecule has 1 aromatic rings. The molecule has 0 fully saturated rings. The maximum atomic E-state index is 13.3. The van der Waals surface area contributed by atoms with Crippen LogP contribution in [0.2, 0.25) is 0 Å². The van der Waals surface area contributed by atoms with Gasteiger partial charge in [-0.05, 0) is 58.0 Å². The summed E-state index contributed by atoms with van der Waals surface area (Å²) in [5.74, 6) is -1.04. The minimum absolute atomic E-state index is 0.0293. The van der Waals surface area contributed by atoms with Crippen molar-refractivity contribution < 1.29 is 8.78 Å². The molecule has 0 amide bonds. The van der Waals surface area contributed by atoms with Crippen molar-refractivity contribution in [2.45, 2.75) is 45.7 Å². The molecule has 0 bridgehead atoms. The molecule has 2 nitrogen and oxygen atoms in total. The summed E-state index contributed by atoms with van der Waals surface area (Å²) in [6.45, 7) is 8.46. The molecule has 0 radical (unpaired) electrons. The first-order valence-corrected chi connectivity index (χ1v) is 7.35. The highest BCUT2D eigenvalue weighted by Crippen LogP contribution is 2.20. The number of benzene rings is 1. The van der Waals surface area contributed by atoms with E-state index in [1.54, 1.807) is 0 Å². The molecule has 0 spiro atoms. The van der Waals surface area contributed by atoms with E-state index in [1.807, 2.05) is 7.05 Å². The number of hydrogen-bond acceptors (Lipinski definition) is 2. The van der Waals surface area contributed by atoms with Crippen molar-refractivity contribution >= 4 is 0 Å². The molecule has 1 atom stereocenters. The van der Waals surface area contributed by atoms with Crippen molar-refractivity contribution in [2.24, 2.45) is 0 Å². The third kappa shape index (κ3) is 5.17. The van der Waals surface area contributed by atoms with Gasteiger partial charge in [0, 0.05) is 24.7 Å². The Morgan fingerprint density at radius 1 is 1.10 bits per heavy atom. The lowest BCUT2D eigenvalue weighted by Gasteiger charge is -2.28. The Labute approximate surface area is 121 Å². The first kappa shape index (κ1) is 17.1. The van der Waals surface area contributed by atoms with Gasteiger partial charge in [-0.3, -0.25) is 0 Å². The first-order valence-electron chi connectivity index (χ1n) is 7.35. The number of halogens is 2. The maximum Gasteiger partial charge on any atom is 0.126 e. The summed E-state index contributed by atoms with van der Waals surface area (Å²) in [4.78, 5) is 2.39. The molecule has 1 N–H and O–H groups in total. The standard InChI is InChI=1S/C16H26F2N2/c1-5-7-20(12(2)3)8-6-16(19-4)13-9-14(17)11-15(18)10-13/h9-12,16,19H,5-8H2,1-4H3. The van der Waals surface area contributed by atoms with E-state index in [1.165, 1.54) is 12.1 Å². The Morgan fingerprint density at radius 2 is 1.70 bits per heavy atom. The second kappa shape index (κ2) is 8.32. The lowest BCUT2D eigenvalue weighted by Crippen LogP contribution is -2.34. The van der Waals surface area contributed by atoms with Gasteiger partial charge < -0.3 is 10.2 Å². The van der Waals surface area contributed by atoms with Crippen LogP contribution >= 0.6 is 0 Å². The molecule has 0 aromatic heterocycles. The Kier molecular flexibility index (Phi) is 7.10. The molecule has 4 heteroatoms. The summed E-state index contributed by atoms with van der Waals surface area (Å²) in [6, 6.07) is 4.18. The zero-order valence-corrected chi connectivity index (χ0v) is 12.9. The molecule has 0 aliphatic heterocycles. The number of nitrogens with one attached hydrogen (secondary N) is 1. The van der Waals surface area contributed by atoms with E-state index < -0.39 is 11.6 Å². The molecule has 0 aliphatic carbocycles. The summed E-state index contributed by atoms with van der Waals surface area (Å²) < 4.78 is 26.6. The average Bonchev–Trinajstić information content (AvgIpc) is 2.36. The SMILES string of the molecule is CCCN(CCC(NC)c1cc(F)cc(F)c1)C(C)C. The van der Waals surface area contributed by atoms with Crippen molar-refractivity contribution in [3.05, 3.63) is 35.4 Å². The fourth-order valence-electron chi connectivity index (χ4n) is 2.46. The Hall–Kier alpha value is -1.00. The summed E-state index contributed by atoms with van der Waals surface area (Å²) in [7, 11) is 1.83. The van der Waals surface area contributed by atoms with Crippen molar-refractivity contribution in [1.82, 2.24) is 10.2 Å². The minimum atomic E-state index is -0.519. The summed E-state index contributed by atoms with van der Waals surface area (Å²) in [5, 5.41) is 3.15. The lowest BCUT2D eigenvalue weighted by molar-refractivity contribution is 0.211. The number of hydrogen-bond donors (Lipinski definition) is 1. The molecule has 0 saturated carbocycles. The third-order valence-corrected chi connectivity index (χ3v) is 3.58. The van der Waals surface area contributed by atoms with E-state index in [9.17, 15) is 8.78 Å². The van der Waals surface area contributed by atoms with E-state index in [4.69, 9.17) is 0 Å². The van der Waals surface area contributed by atoms with Crippen LogP contribution in [-0.4, -0.2) is 31.1 Å². The quantitative estimate of drug-likeness (QED) is 0.782. The van der Waals surface area contributed by atoms with Gasteiger partial charge >= 0.3 is 0 Å². The maximum absolute atomic E-state index is 13.3. The van der Waals surface area contributed by atoms with Gasteiger partial charge in [0.25, 0.3) is 0 Å². The smallest absolute Gasteiger partial charge is 0.126 e. The second-order valence-electron chi connectivity index (χ2n) is 5.46. The van der Waals surface area contributed by atoms with Gasteiger partial charge in [0.1, 0.15) is 11.6 Å². The predicted molar refractivity (Wildman–Crippen MR) is 79.8 cm³/mol. The van der Waals surface area contributed by atoms with Gasteiger partial charge in [0.05, 0.1) is 0 Å². The highest BCUT2D eigenvalue weighted by molar-refractivity contribution is 5.21. The summed E-state index contributed by atoms with van der Waals surface area (Å²) in [6.07, 6.45) is 1.94. The third-order valence-electron chi connectivity index (χ3n) is 3.58. The fraction of sp³-hybridized carbons (Fsp3) is 0.625. The molecule has 114 valence electrons. The molecule has 0 aliphatic rings. The van der Waals surface area contributed by atoms with Crippen LogP contribution in [0.15, 0.2) is 18.2 Å². The van der Waals surface area contributed by atoms with Crippen LogP contribution in [0.4, 0.5) is 8.78 Å². The van der Waals surface area contributed by atoms with E-state index in [0.717, 1.165) is 32.0 Å². The second-order valence-corrected chi connectivity index (χ2v) is 5.46. The normalized spacial score (nSPS) is 13.2. The minimum Gasteiger partial charge on any atom is -0.313 e. The van der Waals surface area contributed by atoms with Crippen LogP contribution in [0.1, 0.15) is 45.2 Å². The van der Waals surface area contributed by atoms with Crippen LogP contribution in [0.3, 0.4) is 0 Å². The van der Waals surface area contributed by atoms with Crippen LogP contribution in [0.25, 0.3) is 0 Å². The van der Waals surface area contributed by atoms with E-state index in [2.05, 4.69) is 31.0 Å². The zero-order chi connectivity index (χ0) is 15.1. The zero-order valence-electron chi connectivity index (χ0n) is 12.9.